The van der Waals surface area contributed by atoms with Gasteiger partial charge in [-0.05, 0) is 36.8 Å². The Hall–Kier alpha value is 0.01000. The van der Waals surface area contributed by atoms with E-state index in [4.69, 9.17) is 0 Å². The highest BCUT2D eigenvalue weighted by Crippen LogP contribution is 2.18. The van der Waals surface area contributed by atoms with E-state index < -0.39 is 0 Å². The molecular weight excluding hydrogens is 270 g/mol. The van der Waals surface area contributed by atoms with Gasteiger partial charge in [-0.2, -0.15) is 11.8 Å². The predicted molar refractivity (Wildman–Crippen MR) is 71.6 cm³/mol. The smallest absolute Gasteiger partial charge is 0.0207 e. The van der Waals surface area contributed by atoms with Gasteiger partial charge < -0.3 is 5.32 Å². The van der Waals surface area contributed by atoms with Gasteiger partial charge in [-0.15, -0.1) is 0 Å². The van der Waals surface area contributed by atoms with Crippen LogP contribution in [0.5, 0.6) is 0 Å². The molecule has 1 heterocycles. The van der Waals surface area contributed by atoms with Gasteiger partial charge in [0.2, 0.25) is 0 Å². The zero-order chi connectivity index (χ0) is 10.5. The fourth-order valence-corrected chi connectivity index (χ4v) is 3.48. The minimum atomic E-state index is 0.748. The molecule has 0 saturated carbocycles. The van der Waals surface area contributed by atoms with Crippen molar-refractivity contribution in [3.63, 3.8) is 0 Å². The number of hydrogen-bond donors (Lipinski definition) is 1. The molecule has 0 bridgehead atoms. The van der Waals surface area contributed by atoms with Crippen LogP contribution in [-0.2, 0) is 6.42 Å². The topological polar surface area (TPSA) is 12.0 Å². The van der Waals surface area contributed by atoms with Crippen LogP contribution in [0.3, 0.4) is 0 Å². The fraction of sp³-hybridized carbons (Fsp3) is 0.500. The van der Waals surface area contributed by atoms with Crippen molar-refractivity contribution in [1.82, 2.24) is 5.32 Å². The first-order chi connectivity index (χ1) is 7.36. The molecule has 2 rings (SSSR count). The Morgan fingerprint density at radius 2 is 2.27 bits per heavy atom. The van der Waals surface area contributed by atoms with Crippen LogP contribution in [0.1, 0.15) is 12.0 Å². The Labute approximate surface area is 104 Å². The highest BCUT2D eigenvalue weighted by atomic mass is 79.9. The third kappa shape index (κ3) is 3.51. The SMILES string of the molecule is Brc1ccccc1CCNC1CCSC1. The summed E-state index contributed by atoms with van der Waals surface area (Å²) in [7, 11) is 0. The molecule has 1 fully saturated rings. The van der Waals surface area contributed by atoms with Crippen LogP contribution in [0.2, 0.25) is 0 Å². The quantitative estimate of drug-likeness (QED) is 0.913. The van der Waals surface area contributed by atoms with Crippen molar-refractivity contribution in [3.8, 4) is 0 Å². The molecule has 1 aromatic carbocycles. The highest BCUT2D eigenvalue weighted by molar-refractivity contribution is 9.10. The fourth-order valence-electron chi connectivity index (χ4n) is 1.81. The summed E-state index contributed by atoms with van der Waals surface area (Å²) < 4.78 is 1.23. The maximum absolute atomic E-state index is 3.62. The molecule has 0 radical (unpaired) electrons. The van der Waals surface area contributed by atoms with E-state index in [9.17, 15) is 0 Å². The Kier molecular flexibility index (Phi) is 4.54. The van der Waals surface area contributed by atoms with E-state index in [0.717, 1.165) is 19.0 Å². The number of hydrogen-bond acceptors (Lipinski definition) is 2. The number of benzene rings is 1. The number of thioether (sulfide) groups is 1. The summed E-state index contributed by atoms with van der Waals surface area (Å²) in [6.45, 7) is 1.09. The predicted octanol–water partition coefficient (Wildman–Crippen LogP) is 3.09. The van der Waals surface area contributed by atoms with Crippen molar-refractivity contribution in [3.05, 3.63) is 34.3 Å². The molecule has 1 nitrogen and oxygen atoms in total. The van der Waals surface area contributed by atoms with Crippen LogP contribution in [0.15, 0.2) is 28.7 Å². The minimum absolute atomic E-state index is 0.748. The normalized spacial score (nSPS) is 20.7. The maximum Gasteiger partial charge on any atom is 0.0207 e. The first kappa shape index (κ1) is 11.5. The van der Waals surface area contributed by atoms with Crippen LogP contribution in [-0.4, -0.2) is 24.1 Å². The van der Waals surface area contributed by atoms with Crippen LogP contribution < -0.4 is 5.32 Å². The molecule has 1 N–H and O–H groups in total. The summed E-state index contributed by atoms with van der Waals surface area (Å²) in [6, 6.07) is 9.22. The van der Waals surface area contributed by atoms with Crippen molar-refractivity contribution in [2.24, 2.45) is 0 Å². The van der Waals surface area contributed by atoms with Gasteiger partial charge in [-0.25, -0.2) is 0 Å². The molecule has 82 valence electrons. The van der Waals surface area contributed by atoms with Crippen LogP contribution in [0, 0.1) is 0 Å². The Bertz CT molecular complexity index is 310. The summed E-state index contributed by atoms with van der Waals surface area (Å²) >= 11 is 5.64. The first-order valence-electron chi connectivity index (χ1n) is 5.41. The molecule has 1 saturated heterocycles. The van der Waals surface area contributed by atoms with E-state index in [2.05, 4.69) is 57.3 Å². The molecule has 3 heteroatoms. The highest BCUT2D eigenvalue weighted by Gasteiger charge is 2.13. The molecule has 0 aromatic heterocycles. The van der Waals surface area contributed by atoms with Gasteiger partial charge in [0.25, 0.3) is 0 Å². The summed E-state index contributed by atoms with van der Waals surface area (Å²) in [5.74, 6) is 2.61. The van der Waals surface area contributed by atoms with Crippen LogP contribution in [0.25, 0.3) is 0 Å². The summed E-state index contributed by atoms with van der Waals surface area (Å²) in [5.41, 5.74) is 1.40. The Morgan fingerprint density at radius 1 is 1.40 bits per heavy atom. The third-order valence-electron chi connectivity index (χ3n) is 2.71. The largest absolute Gasteiger partial charge is 0.313 e. The van der Waals surface area contributed by atoms with E-state index in [1.807, 2.05) is 0 Å². The van der Waals surface area contributed by atoms with Crippen molar-refractivity contribution in [1.29, 1.82) is 0 Å². The summed E-state index contributed by atoms with van der Waals surface area (Å²) in [5, 5.41) is 3.62. The number of nitrogens with one attached hydrogen (secondary N) is 1. The minimum Gasteiger partial charge on any atom is -0.313 e. The Morgan fingerprint density at radius 3 is 3.00 bits per heavy atom. The molecule has 1 aliphatic rings. The van der Waals surface area contributed by atoms with Gasteiger partial charge in [0.15, 0.2) is 0 Å². The van der Waals surface area contributed by atoms with Gasteiger partial charge in [-0.3, -0.25) is 0 Å². The lowest BCUT2D eigenvalue weighted by Gasteiger charge is -2.11. The average Bonchev–Trinajstić information content (AvgIpc) is 2.74. The van der Waals surface area contributed by atoms with Crippen LogP contribution >= 0.6 is 27.7 Å². The van der Waals surface area contributed by atoms with Gasteiger partial charge >= 0.3 is 0 Å². The zero-order valence-electron chi connectivity index (χ0n) is 8.71. The average molecular weight is 286 g/mol. The first-order valence-corrected chi connectivity index (χ1v) is 7.35. The van der Waals surface area contributed by atoms with Crippen molar-refractivity contribution >= 4 is 27.7 Å². The third-order valence-corrected chi connectivity index (χ3v) is 4.65. The van der Waals surface area contributed by atoms with Gasteiger partial charge in [0.05, 0.1) is 0 Å². The standard InChI is InChI=1S/C12H16BrNS/c13-12-4-2-1-3-10(12)5-7-14-11-6-8-15-9-11/h1-4,11,14H,5-9H2. The molecule has 0 aliphatic carbocycles. The molecule has 1 aliphatic heterocycles. The molecule has 0 amide bonds. The molecular formula is C12H16BrNS. The maximum atomic E-state index is 3.62. The van der Waals surface area contributed by atoms with Gasteiger partial charge in [0, 0.05) is 16.3 Å². The molecule has 1 unspecified atom stereocenters. The second-order valence-electron chi connectivity index (χ2n) is 3.86. The molecule has 1 atom stereocenters. The summed E-state index contributed by atoms with van der Waals surface area (Å²) in [6.07, 6.45) is 2.45. The molecule has 1 aromatic rings. The van der Waals surface area contributed by atoms with Gasteiger partial charge in [-0.1, -0.05) is 34.1 Å². The van der Waals surface area contributed by atoms with Crippen molar-refractivity contribution in [2.75, 3.05) is 18.1 Å². The van der Waals surface area contributed by atoms with E-state index in [0.29, 0.717) is 0 Å². The lowest BCUT2D eigenvalue weighted by molar-refractivity contribution is 0.560. The van der Waals surface area contributed by atoms with E-state index in [1.165, 1.54) is 28.0 Å². The van der Waals surface area contributed by atoms with Crippen LogP contribution in [0.4, 0.5) is 0 Å². The lowest BCUT2D eigenvalue weighted by Crippen LogP contribution is -2.30. The molecule has 0 spiro atoms. The second-order valence-corrected chi connectivity index (χ2v) is 5.86. The summed E-state index contributed by atoms with van der Waals surface area (Å²) in [4.78, 5) is 0. The van der Waals surface area contributed by atoms with Crippen molar-refractivity contribution in [2.45, 2.75) is 18.9 Å². The van der Waals surface area contributed by atoms with E-state index in [-0.39, 0.29) is 0 Å². The second kappa shape index (κ2) is 5.92. The Balaban J connectivity index is 1.75. The monoisotopic (exact) mass is 285 g/mol. The number of halogens is 1. The zero-order valence-corrected chi connectivity index (χ0v) is 11.1. The number of rotatable bonds is 4. The van der Waals surface area contributed by atoms with Gasteiger partial charge in [0.1, 0.15) is 0 Å². The van der Waals surface area contributed by atoms with E-state index in [1.54, 1.807) is 0 Å². The lowest BCUT2D eigenvalue weighted by atomic mass is 10.1. The molecule has 15 heavy (non-hydrogen) atoms. The van der Waals surface area contributed by atoms with E-state index >= 15 is 0 Å². The van der Waals surface area contributed by atoms with Crippen molar-refractivity contribution < 1.29 is 0 Å².